The van der Waals surface area contributed by atoms with Crippen molar-refractivity contribution in [3.05, 3.63) is 65.9 Å². The molecule has 1 N–H and O–H groups in total. The molecule has 4 heterocycles. The fourth-order valence-electron chi connectivity index (χ4n) is 6.46. The maximum absolute atomic E-state index is 13.6. The first kappa shape index (κ1) is 28.3. The number of fused-ring (bicyclic) bond motifs is 1. The summed E-state index contributed by atoms with van der Waals surface area (Å²) in [7, 11) is 3.71. The summed E-state index contributed by atoms with van der Waals surface area (Å²) in [6.07, 6.45) is 4.82. The number of rotatable bonds is 8. The van der Waals surface area contributed by atoms with Gasteiger partial charge in [0.15, 0.2) is 0 Å². The monoisotopic (exact) mass is 577 g/mol. The van der Waals surface area contributed by atoms with Gasteiger partial charge in [-0.1, -0.05) is 6.07 Å². The summed E-state index contributed by atoms with van der Waals surface area (Å²) in [4.78, 5) is 18.4. The fourth-order valence-corrected chi connectivity index (χ4v) is 6.46. The van der Waals surface area contributed by atoms with Crippen molar-refractivity contribution in [1.29, 1.82) is 5.26 Å². The Morgan fingerprint density at radius 3 is 2.57 bits per heavy atom. The highest BCUT2D eigenvalue weighted by atomic mass is 19.4. The molecular weight excluding hydrogens is 543 g/mol. The van der Waals surface area contributed by atoms with E-state index in [2.05, 4.69) is 35.9 Å². The molecule has 3 aromatic heterocycles. The van der Waals surface area contributed by atoms with Gasteiger partial charge >= 0.3 is 6.18 Å². The molecule has 1 aromatic carbocycles. The van der Waals surface area contributed by atoms with Crippen LogP contribution in [0.4, 0.5) is 13.2 Å². The minimum absolute atomic E-state index is 0.337. The second-order valence-electron chi connectivity index (χ2n) is 11.8. The van der Waals surface area contributed by atoms with Crippen LogP contribution in [0.2, 0.25) is 0 Å². The maximum Gasteiger partial charge on any atom is 0.416 e. The van der Waals surface area contributed by atoms with Crippen molar-refractivity contribution in [1.82, 2.24) is 39.4 Å². The van der Waals surface area contributed by atoms with Crippen LogP contribution in [0.5, 0.6) is 0 Å². The maximum atomic E-state index is 13.6. The minimum atomic E-state index is -4.37. The minimum Gasteiger partial charge on any atom is -0.346 e. The topological polar surface area (TPSA) is 92.9 Å². The van der Waals surface area contributed by atoms with Crippen molar-refractivity contribution in [2.75, 3.05) is 40.3 Å². The van der Waals surface area contributed by atoms with E-state index >= 15 is 0 Å². The molecule has 1 aliphatic heterocycles. The van der Waals surface area contributed by atoms with Gasteiger partial charge in [-0.2, -0.15) is 23.5 Å². The van der Waals surface area contributed by atoms with Crippen LogP contribution < -0.4 is 0 Å². The van der Waals surface area contributed by atoms with Crippen LogP contribution in [0, 0.1) is 11.3 Å². The average Bonchev–Trinajstić information content (AvgIpc) is 3.60. The zero-order chi connectivity index (χ0) is 29.5. The predicted octanol–water partition coefficient (Wildman–Crippen LogP) is 4.49. The molecule has 9 nitrogen and oxygen atoms in total. The number of aromatic nitrogens is 5. The number of nitrogens with one attached hydrogen (secondary N) is 1. The number of hydrogen-bond acceptors (Lipinski definition) is 7. The van der Waals surface area contributed by atoms with E-state index in [1.165, 1.54) is 18.5 Å². The van der Waals surface area contributed by atoms with Crippen LogP contribution in [0.25, 0.3) is 22.3 Å². The molecule has 6 rings (SSSR count). The van der Waals surface area contributed by atoms with Crippen LogP contribution >= 0.6 is 0 Å². The molecule has 0 unspecified atom stereocenters. The highest BCUT2D eigenvalue weighted by Crippen LogP contribution is 2.45. The molecule has 2 aliphatic rings. The lowest BCUT2D eigenvalue weighted by molar-refractivity contribution is -0.137. The van der Waals surface area contributed by atoms with Gasteiger partial charge in [0.25, 0.3) is 0 Å². The number of hydrogen-bond donors (Lipinski definition) is 1. The smallest absolute Gasteiger partial charge is 0.346 e. The Balaban J connectivity index is 1.09. The summed E-state index contributed by atoms with van der Waals surface area (Å²) in [6, 6.07) is 9.09. The van der Waals surface area contributed by atoms with Crippen molar-refractivity contribution in [2.24, 2.45) is 0 Å². The quantitative estimate of drug-likeness (QED) is 0.330. The first-order valence-electron chi connectivity index (χ1n) is 14.2. The van der Waals surface area contributed by atoms with Crippen LogP contribution in [0.3, 0.4) is 0 Å². The Morgan fingerprint density at radius 1 is 1.10 bits per heavy atom. The molecule has 12 heteroatoms. The summed E-state index contributed by atoms with van der Waals surface area (Å²) < 4.78 is 42.6. The molecular formula is C30H34F3N9. The summed E-state index contributed by atoms with van der Waals surface area (Å²) >= 11 is 0. The molecule has 1 saturated heterocycles. The normalized spacial score (nSPS) is 22.0. The van der Waals surface area contributed by atoms with E-state index in [0.29, 0.717) is 36.7 Å². The third-order valence-corrected chi connectivity index (χ3v) is 8.54. The summed E-state index contributed by atoms with van der Waals surface area (Å²) in [5.74, 6) is 0. The number of aromatic amines is 1. The third-order valence-electron chi connectivity index (χ3n) is 8.54. The van der Waals surface area contributed by atoms with Gasteiger partial charge in [-0.05, 0) is 56.3 Å². The zero-order valence-corrected chi connectivity index (χ0v) is 23.8. The first-order chi connectivity index (χ1) is 20.1. The van der Waals surface area contributed by atoms with Gasteiger partial charge in [-0.3, -0.25) is 14.5 Å². The zero-order valence-electron chi connectivity index (χ0n) is 23.8. The van der Waals surface area contributed by atoms with Gasteiger partial charge in [0.1, 0.15) is 12.0 Å². The van der Waals surface area contributed by atoms with E-state index in [-0.39, 0.29) is 5.54 Å². The number of alkyl halides is 3. The van der Waals surface area contributed by atoms with Gasteiger partial charge < -0.3 is 9.88 Å². The molecule has 42 heavy (non-hydrogen) atoms. The highest BCUT2D eigenvalue weighted by Gasteiger charge is 2.49. The Kier molecular flexibility index (Phi) is 7.51. The number of benzene rings is 1. The standard InChI is InChI=1S/C30H34F3N9/c1-39(2)17-21-11-22(13-24(12-21)30(31,32)33)18-40-7-9-41(10-8-40)25-14-29(15-25,4-5-34)42-19-23(16-38-42)27-26-3-6-35-28(26)37-20-36-27/h3,6,11-13,16,19-20,25H,4,7-10,14-15,17-18H2,1-2H3,(H,35,36,37)/t25-,29-. The largest absolute Gasteiger partial charge is 0.416 e. The predicted molar refractivity (Wildman–Crippen MR) is 152 cm³/mol. The lowest BCUT2D eigenvalue weighted by Gasteiger charge is -2.52. The fraction of sp³-hybridized carbons (Fsp3) is 0.467. The second-order valence-corrected chi connectivity index (χ2v) is 11.8. The molecule has 220 valence electrons. The summed E-state index contributed by atoms with van der Waals surface area (Å²) in [5, 5.41) is 15.3. The van der Waals surface area contributed by atoms with Crippen LogP contribution in [0.1, 0.15) is 36.0 Å². The van der Waals surface area contributed by atoms with Gasteiger partial charge in [0.2, 0.25) is 0 Å². The Labute approximate surface area is 242 Å². The summed E-state index contributed by atoms with van der Waals surface area (Å²) in [5.41, 5.74) is 2.88. The van der Waals surface area contributed by atoms with Crippen LogP contribution in [-0.2, 0) is 24.8 Å². The number of halogens is 3. The van der Waals surface area contributed by atoms with Crippen molar-refractivity contribution in [3.63, 3.8) is 0 Å². The van der Waals surface area contributed by atoms with E-state index < -0.39 is 11.7 Å². The van der Waals surface area contributed by atoms with E-state index in [9.17, 15) is 18.4 Å². The van der Waals surface area contributed by atoms with Gasteiger partial charge in [0, 0.05) is 68.7 Å². The van der Waals surface area contributed by atoms with Crippen molar-refractivity contribution < 1.29 is 13.2 Å². The molecule has 0 atom stereocenters. The van der Waals surface area contributed by atoms with Crippen molar-refractivity contribution in [3.8, 4) is 17.3 Å². The van der Waals surface area contributed by atoms with E-state index in [1.54, 1.807) is 6.20 Å². The SMILES string of the molecule is CN(C)Cc1cc(CN2CCN([C@H]3C[C@](CC#N)(n4cc(-c5ncnc6[nH]ccc56)cn4)C3)CC2)cc(C(F)(F)F)c1. The molecule has 1 aliphatic carbocycles. The van der Waals surface area contributed by atoms with Crippen LogP contribution in [-0.4, -0.2) is 85.7 Å². The highest BCUT2D eigenvalue weighted by molar-refractivity contribution is 5.90. The third kappa shape index (κ3) is 5.64. The molecule has 1 saturated carbocycles. The first-order valence-corrected chi connectivity index (χ1v) is 14.2. The van der Waals surface area contributed by atoms with Gasteiger partial charge in [-0.25, -0.2) is 9.97 Å². The number of piperazine rings is 1. The number of H-pyrrole nitrogens is 1. The lowest BCUT2D eigenvalue weighted by Crippen LogP contribution is -2.60. The number of nitriles is 1. The Morgan fingerprint density at radius 2 is 1.86 bits per heavy atom. The molecule has 0 amide bonds. The molecule has 0 spiro atoms. The van der Waals surface area contributed by atoms with Crippen LogP contribution in [0.15, 0.2) is 49.2 Å². The lowest BCUT2D eigenvalue weighted by atomic mass is 9.70. The van der Waals surface area contributed by atoms with E-state index in [0.717, 1.165) is 61.3 Å². The second kappa shape index (κ2) is 11.1. The number of nitrogens with zero attached hydrogens (tertiary/aromatic N) is 8. The van der Waals surface area contributed by atoms with E-state index in [4.69, 9.17) is 0 Å². The van der Waals surface area contributed by atoms with E-state index in [1.807, 2.05) is 48.2 Å². The molecule has 0 bridgehead atoms. The van der Waals surface area contributed by atoms with Crippen molar-refractivity contribution >= 4 is 11.0 Å². The Hall–Kier alpha value is -3.79. The molecule has 4 aromatic rings. The van der Waals surface area contributed by atoms with Crippen molar-refractivity contribution in [2.45, 2.75) is 50.1 Å². The van der Waals surface area contributed by atoms with Gasteiger partial charge in [-0.15, -0.1) is 0 Å². The van der Waals surface area contributed by atoms with Gasteiger partial charge in [0.05, 0.1) is 35.5 Å². The molecule has 2 fully saturated rings. The molecule has 0 radical (unpaired) electrons. The summed E-state index contributed by atoms with van der Waals surface area (Å²) in [6.45, 7) is 4.21. The average molecular weight is 578 g/mol. The Bertz CT molecular complexity index is 1590.